The van der Waals surface area contributed by atoms with Crippen LogP contribution < -0.4 is 10.4 Å². The summed E-state index contributed by atoms with van der Waals surface area (Å²) in [5.41, 5.74) is 3.57. The Morgan fingerprint density at radius 2 is 1.77 bits per heavy atom. The monoisotopic (exact) mass is 291 g/mol. The number of hydrogen-bond donors (Lipinski definition) is 1. The van der Waals surface area contributed by atoms with Gasteiger partial charge in [0, 0.05) is 6.20 Å². The van der Waals surface area contributed by atoms with E-state index in [2.05, 4.69) is 10.4 Å². The maximum Gasteiger partial charge on any atom is 0.284 e. The summed E-state index contributed by atoms with van der Waals surface area (Å²) in [6, 6.07) is 14.8. The summed E-state index contributed by atoms with van der Waals surface area (Å²) in [5.74, 6) is -0.467. The third-order valence-electron chi connectivity index (χ3n) is 3.12. The van der Waals surface area contributed by atoms with Gasteiger partial charge in [-0.1, -0.05) is 48.6 Å². The minimum Gasteiger partial charge on any atom is -0.267 e. The fourth-order valence-corrected chi connectivity index (χ4v) is 2.04. The van der Waals surface area contributed by atoms with E-state index in [9.17, 15) is 9.59 Å². The van der Waals surface area contributed by atoms with Crippen molar-refractivity contribution in [2.45, 2.75) is 0 Å². The molecule has 5 heteroatoms. The first-order chi connectivity index (χ1) is 10.8. The van der Waals surface area contributed by atoms with Gasteiger partial charge in [0.25, 0.3) is 11.8 Å². The van der Waals surface area contributed by atoms with Crippen LogP contribution in [-0.4, -0.2) is 16.8 Å². The van der Waals surface area contributed by atoms with Gasteiger partial charge in [-0.25, -0.2) is 4.98 Å². The molecule has 1 aliphatic heterocycles. The second kappa shape index (κ2) is 6.05. The lowest BCUT2D eigenvalue weighted by molar-refractivity contribution is -0.117. The van der Waals surface area contributed by atoms with Crippen molar-refractivity contribution in [3.05, 3.63) is 78.0 Å². The lowest BCUT2D eigenvalue weighted by Gasteiger charge is -2.12. The van der Waals surface area contributed by atoms with Crippen LogP contribution in [0, 0.1) is 0 Å². The molecule has 1 aromatic heterocycles. The summed E-state index contributed by atoms with van der Waals surface area (Å²) in [4.78, 5) is 28.2. The maximum absolute atomic E-state index is 12.3. The molecule has 0 bridgehead atoms. The van der Waals surface area contributed by atoms with Crippen LogP contribution >= 0.6 is 0 Å². The van der Waals surface area contributed by atoms with Crippen molar-refractivity contribution in [2.75, 3.05) is 5.01 Å². The van der Waals surface area contributed by atoms with Crippen molar-refractivity contribution < 1.29 is 9.59 Å². The highest BCUT2D eigenvalue weighted by molar-refractivity contribution is 6.29. The van der Waals surface area contributed by atoms with E-state index >= 15 is 0 Å². The zero-order valence-electron chi connectivity index (χ0n) is 11.6. The van der Waals surface area contributed by atoms with Crippen molar-refractivity contribution >= 4 is 23.7 Å². The molecule has 1 fully saturated rings. The minimum absolute atomic E-state index is 0.0813. The standard InChI is InChI=1S/C17H13N3O2/c21-16-14(10-6-9-13-7-2-1-3-8-13)17(22)20(19-16)15-11-4-5-12-18-15/h1-12H,(H,19,21)/b9-6+,14-10-. The summed E-state index contributed by atoms with van der Waals surface area (Å²) >= 11 is 0. The molecule has 22 heavy (non-hydrogen) atoms. The Bertz CT molecular complexity index is 752. The number of carbonyl (C=O) groups excluding carboxylic acids is 2. The maximum atomic E-state index is 12.3. The Labute approximate surface area is 127 Å². The molecule has 2 heterocycles. The number of amides is 2. The third-order valence-corrected chi connectivity index (χ3v) is 3.12. The molecule has 108 valence electrons. The number of aromatic nitrogens is 1. The van der Waals surface area contributed by atoms with Crippen molar-refractivity contribution in [2.24, 2.45) is 0 Å². The summed E-state index contributed by atoms with van der Waals surface area (Å²) in [7, 11) is 0. The van der Waals surface area contributed by atoms with E-state index in [1.165, 1.54) is 6.08 Å². The summed E-state index contributed by atoms with van der Waals surface area (Å²) in [6.07, 6.45) is 6.58. The number of hydrazine groups is 1. The van der Waals surface area contributed by atoms with Crippen LogP contribution in [0.1, 0.15) is 5.56 Å². The molecule has 5 nitrogen and oxygen atoms in total. The van der Waals surface area contributed by atoms with Gasteiger partial charge in [0.1, 0.15) is 5.57 Å². The van der Waals surface area contributed by atoms with E-state index in [0.29, 0.717) is 5.82 Å². The third kappa shape index (κ3) is 2.78. The van der Waals surface area contributed by atoms with Gasteiger partial charge in [-0.15, -0.1) is 0 Å². The van der Waals surface area contributed by atoms with Gasteiger partial charge < -0.3 is 0 Å². The van der Waals surface area contributed by atoms with E-state index in [0.717, 1.165) is 10.6 Å². The Morgan fingerprint density at radius 3 is 2.50 bits per heavy atom. The number of allylic oxidation sites excluding steroid dienone is 2. The largest absolute Gasteiger partial charge is 0.284 e. The highest BCUT2D eigenvalue weighted by Gasteiger charge is 2.34. The molecule has 1 saturated heterocycles. The molecule has 1 N–H and O–H groups in total. The second-order valence-corrected chi connectivity index (χ2v) is 4.62. The van der Waals surface area contributed by atoms with Crippen molar-refractivity contribution in [1.29, 1.82) is 0 Å². The van der Waals surface area contributed by atoms with E-state index in [1.54, 1.807) is 30.5 Å². The molecule has 0 radical (unpaired) electrons. The van der Waals surface area contributed by atoms with Gasteiger partial charge in [0.15, 0.2) is 5.82 Å². The van der Waals surface area contributed by atoms with Crippen LogP contribution in [0.2, 0.25) is 0 Å². The summed E-state index contributed by atoms with van der Waals surface area (Å²) in [5, 5.41) is 1.14. The second-order valence-electron chi connectivity index (χ2n) is 4.62. The minimum atomic E-state index is -0.437. The van der Waals surface area contributed by atoms with E-state index in [-0.39, 0.29) is 5.57 Å². The van der Waals surface area contributed by atoms with Gasteiger partial charge in [-0.2, -0.15) is 5.01 Å². The lowest BCUT2D eigenvalue weighted by atomic mass is 10.2. The highest BCUT2D eigenvalue weighted by Crippen LogP contribution is 2.17. The molecule has 0 unspecified atom stereocenters. The fraction of sp³-hybridized carbons (Fsp3) is 0. The van der Waals surface area contributed by atoms with E-state index in [4.69, 9.17) is 0 Å². The van der Waals surface area contributed by atoms with Crippen LogP contribution in [0.4, 0.5) is 5.82 Å². The lowest BCUT2D eigenvalue weighted by Crippen LogP contribution is -2.36. The van der Waals surface area contributed by atoms with Crippen LogP contribution in [-0.2, 0) is 9.59 Å². The molecule has 0 spiro atoms. The number of pyridine rings is 1. The zero-order valence-corrected chi connectivity index (χ0v) is 11.6. The van der Waals surface area contributed by atoms with Gasteiger partial charge >= 0.3 is 0 Å². The van der Waals surface area contributed by atoms with Gasteiger partial charge in [0.2, 0.25) is 0 Å². The van der Waals surface area contributed by atoms with Crippen LogP contribution in [0.5, 0.6) is 0 Å². The molecular formula is C17H13N3O2. The number of rotatable bonds is 3. The van der Waals surface area contributed by atoms with Crippen LogP contribution in [0.15, 0.2) is 72.5 Å². The molecule has 0 aliphatic carbocycles. The number of hydrogen-bond acceptors (Lipinski definition) is 3. The van der Waals surface area contributed by atoms with Gasteiger partial charge in [0.05, 0.1) is 0 Å². The molecule has 1 aromatic carbocycles. The molecule has 0 saturated carbocycles. The average Bonchev–Trinajstić information content (AvgIpc) is 2.85. The molecule has 2 aromatic rings. The van der Waals surface area contributed by atoms with Crippen molar-refractivity contribution in [3.8, 4) is 0 Å². The first kappa shape index (κ1) is 13.8. The van der Waals surface area contributed by atoms with Crippen molar-refractivity contribution in [1.82, 2.24) is 10.4 Å². The van der Waals surface area contributed by atoms with Crippen LogP contribution in [0.25, 0.3) is 6.08 Å². The highest BCUT2D eigenvalue weighted by atomic mass is 16.2. The number of nitrogens with zero attached hydrogens (tertiary/aromatic N) is 2. The summed E-state index contributed by atoms with van der Waals surface area (Å²) in [6.45, 7) is 0. The Kier molecular flexibility index (Phi) is 3.78. The molecule has 0 atom stereocenters. The smallest absolute Gasteiger partial charge is 0.267 e. The fourth-order valence-electron chi connectivity index (χ4n) is 2.04. The molecular weight excluding hydrogens is 278 g/mol. The average molecular weight is 291 g/mol. The topological polar surface area (TPSA) is 62.3 Å². The summed E-state index contributed by atoms with van der Waals surface area (Å²) < 4.78 is 0. The molecule has 1 aliphatic rings. The number of nitrogens with one attached hydrogen (secondary N) is 1. The Hall–Kier alpha value is -3.21. The normalized spacial score (nSPS) is 16.5. The van der Waals surface area contributed by atoms with Crippen LogP contribution in [0.3, 0.4) is 0 Å². The van der Waals surface area contributed by atoms with Gasteiger partial charge in [-0.05, 0) is 23.8 Å². The van der Waals surface area contributed by atoms with E-state index in [1.807, 2.05) is 36.4 Å². The first-order valence-corrected chi connectivity index (χ1v) is 6.75. The Balaban J connectivity index is 1.80. The quantitative estimate of drug-likeness (QED) is 0.696. The van der Waals surface area contributed by atoms with Crippen molar-refractivity contribution in [3.63, 3.8) is 0 Å². The predicted molar refractivity (Wildman–Crippen MR) is 83.4 cm³/mol. The number of benzene rings is 1. The SMILES string of the molecule is O=C1NN(c2ccccn2)C(=O)/C1=C\C=C\c1ccccc1. The van der Waals surface area contributed by atoms with E-state index < -0.39 is 11.8 Å². The zero-order chi connectivity index (χ0) is 15.4. The number of carbonyl (C=O) groups is 2. The predicted octanol–water partition coefficient (Wildman–Crippen LogP) is 2.10. The molecule has 2 amide bonds. The Morgan fingerprint density at radius 1 is 1.00 bits per heavy atom. The first-order valence-electron chi connectivity index (χ1n) is 6.75. The number of anilines is 1. The van der Waals surface area contributed by atoms with Gasteiger partial charge in [-0.3, -0.25) is 15.0 Å². The molecule has 3 rings (SSSR count).